The predicted molar refractivity (Wildman–Crippen MR) is 110 cm³/mol. The molecule has 1 saturated heterocycles. The number of nitrogens with one attached hydrogen (secondary N) is 1. The molecule has 1 fully saturated rings. The number of methoxy groups -OCH3 is 1. The number of ether oxygens (including phenoxy) is 1. The van der Waals surface area contributed by atoms with Gasteiger partial charge in [0.05, 0.1) is 18.4 Å². The maximum atomic E-state index is 13.6. The van der Waals surface area contributed by atoms with E-state index in [2.05, 4.69) is 10.2 Å². The summed E-state index contributed by atoms with van der Waals surface area (Å²) in [5.74, 6) is -1.43. The molecule has 2 amide bonds. The van der Waals surface area contributed by atoms with E-state index in [0.29, 0.717) is 45.1 Å². The van der Waals surface area contributed by atoms with Gasteiger partial charge in [-0.05, 0) is 30.7 Å². The first-order chi connectivity index (χ1) is 14.5. The molecule has 0 radical (unpaired) electrons. The SMILES string of the molecule is COc1ccccc1N1CCN(C(=O)CCCNC(=O)c2ccc(F)cc2F)CC1. The molecule has 1 N–H and O–H groups in total. The number of anilines is 1. The third-order valence-corrected chi connectivity index (χ3v) is 5.09. The molecule has 1 aliphatic heterocycles. The molecular weight excluding hydrogens is 392 g/mol. The van der Waals surface area contributed by atoms with Gasteiger partial charge in [-0.3, -0.25) is 9.59 Å². The summed E-state index contributed by atoms with van der Waals surface area (Å²) < 4.78 is 31.9. The summed E-state index contributed by atoms with van der Waals surface area (Å²) in [6, 6.07) is 10.6. The maximum Gasteiger partial charge on any atom is 0.254 e. The second-order valence-electron chi connectivity index (χ2n) is 7.02. The zero-order valence-corrected chi connectivity index (χ0v) is 16.9. The molecule has 0 aromatic heterocycles. The van der Waals surface area contributed by atoms with Crippen LogP contribution in [0.5, 0.6) is 5.75 Å². The van der Waals surface area contributed by atoms with Gasteiger partial charge in [-0.25, -0.2) is 8.78 Å². The summed E-state index contributed by atoms with van der Waals surface area (Å²) in [6.07, 6.45) is 0.737. The standard InChI is InChI=1S/C22H25F2N3O3/c1-30-20-6-3-2-5-19(20)26-11-13-27(14-12-26)21(28)7-4-10-25-22(29)17-9-8-16(23)15-18(17)24/h2-3,5-6,8-9,15H,4,7,10-14H2,1H3,(H,25,29). The van der Waals surface area contributed by atoms with Crippen molar-refractivity contribution in [3.8, 4) is 5.75 Å². The van der Waals surface area contributed by atoms with Gasteiger partial charge in [0.2, 0.25) is 5.91 Å². The minimum Gasteiger partial charge on any atom is -0.495 e. The highest BCUT2D eigenvalue weighted by Crippen LogP contribution is 2.28. The van der Waals surface area contributed by atoms with Crippen molar-refractivity contribution in [2.75, 3.05) is 44.7 Å². The fraction of sp³-hybridized carbons (Fsp3) is 0.364. The van der Waals surface area contributed by atoms with Crippen LogP contribution in [-0.2, 0) is 4.79 Å². The van der Waals surface area contributed by atoms with E-state index in [4.69, 9.17) is 4.74 Å². The fourth-order valence-corrected chi connectivity index (χ4v) is 3.46. The average Bonchev–Trinajstić information content (AvgIpc) is 2.76. The smallest absolute Gasteiger partial charge is 0.254 e. The van der Waals surface area contributed by atoms with Crippen molar-refractivity contribution in [2.45, 2.75) is 12.8 Å². The number of carbonyl (C=O) groups is 2. The largest absolute Gasteiger partial charge is 0.495 e. The number of amides is 2. The molecule has 30 heavy (non-hydrogen) atoms. The zero-order valence-electron chi connectivity index (χ0n) is 16.9. The molecule has 3 rings (SSSR count). The number of benzene rings is 2. The lowest BCUT2D eigenvalue weighted by Crippen LogP contribution is -2.49. The van der Waals surface area contributed by atoms with Gasteiger partial charge in [0.15, 0.2) is 0 Å². The molecule has 0 bridgehead atoms. The molecule has 1 heterocycles. The molecule has 0 atom stereocenters. The van der Waals surface area contributed by atoms with E-state index < -0.39 is 17.5 Å². The van der Waals surface area contributed by atoms with Crippen LogP contribution in [0.1, 0.15) is 23.2 Å². The lowest BCUT2D eigenvalue weighted by atomic mass is 10.2. The van der Waals surface area contributed by atoms with Crippen LogP contribution in [0.15, 0.2) is 42.5 Å². The zero-order chi connectivity index (χ0) is 21.5. The Morgan fingerprint density at radius 2 is 1.80 bits per heavy atom. The van der Waals surface area contributed by atoms with E-state index in [1.165, 1.54) is 0 Å². The number of nitrogens with zero attached hydrogens (tertiary/aromatic N) is 2. The highest BCUT2D eigenvalue weighted by molar-refractivity contribution is 5.94. The first-order valence-electron chi connectivity index (χ1n) is 9.88. The second-order valence-corrected chi connectivity index (χ2v) is 7.02. The topological polar surface area (TPSA) is 61.9 Å². The minimum absolute atomic E-state index is 0.0249. The van der Waals surface area contributed by atoms with Gasteiger partial charge in [0.25, 0.3) is 5.91 Å². The van der Waals surface area contributed by atoms with Crippen molar-refractivity contribution in [1.82, 2.24) is 10.2 Å². The Morgan fingerprint density at radius 1 is 1.07 bits per heavy atom. The van der Waals surface area contributed by atoms with Crippen LogP contribution in [0, 0.1) is 11.6 Å². The summed E-state index contributed by atoms with van der Waals surface area (Å²) in [5, 5.41) is 2.56. The lowest BCUT2D eigenvalue weighted by Gasteiger charge is -2.36. The van der Waals surface area contributed by atoms with Crippen LogP contribution < -0.4 is 15.0 Å². The van der Waals surface area contributed by atoms with Crippen molar-refractivity contribution >= 4 is 17.5 Å². The highest BCUT2D eigenvalue weighted by Gasteiger charge is 2.22. The fourth-order valence-electron chi connectivity index (χ4n) is 3.46. The molecule has 2 aromatic rings. The predicted octanol–water partition coefficient (Wildman–Crippen LogP) is 2.83. The first kappa shape index (κ1) is 21.5. The number of piperazine rings is 1. The van der Waals surface area contributed by atoms with Crippen LogP contribution in [-0.4, -0.2) is 56.5 Å². The van der Waals surface area contributed by atoms with Gasteiger partial charge in [-0.1, -0.05) is 12.1 Å². The Balaban J connectivity index is 1.40. The number of rotatable bonds is 7. The van der Waals surface area contributed by atoms with Crippen LogP contribution in [0.3, 0.4) is 0 Å². The van der Waals surface area contributed by atoms with E-state index in [9.17, 15) is 18.4 Å². The van der Waals surface area contributed by atoms with Crippen molar-refractivity contribution < 1.29 is 23.1 Å². The monoisotopic (exact) mass is 417 g/mol. The van der Waals surface area contributed by atoms with Crippen LogP contribution in [0.2, 0.25) is 0 Å². The normalized spacial score (nSPS) is 13.8. The highest BCUT2D eigenvalue weighted by atomic mass is 19.1. The van der Waals surface area contributed by atoms with Crippen LogP contribution in [0.25, 0.3) is 0 Å². The summed E-state index contributed by atoms with van der Waals surface area (Å²) in [4.78, 5) is 28.4. The molecule has 0 spiro atoms. The van der Waals surface area contributed by atoms with Gasteiger partial charge in [0, 0.05) is 45.2 Å². The molecular formula is C22H25F2N3O3. The Labute approximate surface area is 174 Å². The Kier molecular flexibility index (Phi) is 7.21. The van der Waals surface area contributed by atoms with Gasteiger partial charge >= 0.3 is 0 Å². The lowest BCUT2D eigenvalue weighted by molar-refractivity contribution is -0.131. The summed E-state index contributed by atoms with van der Waals surface area (Å²) in [5.41, 5.74) is 0.804. The molecule has 0 aliphatic carbocycles. The molecule has 6 nitrogen and oxygen atoms in total. The van der Waals surface area contributed by atoms with E-state index in [1.54, 1.807) is 7.11 Å². The Hall–Kier alpha value is -3.16. The number of hydrogen-bond acceptors (Lipinski definition) is 4. The molecule has 1 aliphatic rings. The maximum absolute atomic E-state index is 13.6. The summed E-state index contributed by atoms with van der Waals surface area (Å²) in [6.45, 7) is 2.90. The van der Waals surface area contributed by atoms with E-state index >= 15 is 0 Å². The van der Waals surface area contributed by atoms with Crippen molar-refractivity contribution in [3.63, 3.8) is 0 Å². The van der Waals surface area contributed by atoms with Crippen molar-refractivity contribution in [2.24, 2.45) is 0 Å². The van der Waals surface area contributed by atoms with E-state index in [-0.39, 0.29) is 18.0 Å². The van der Waals surface area contributed by atoms with Crippen molar-refractivity contribution in [1.29, 1.82) is 0 Å². The summed E-state index contributed by atoms with van der Waals surface area (Å²) in [7, 11) is 1.64. The number of hydrogen-bond donors (Lipinski definition) is 1. The third-order valence-electron chi connectivity index (χ3n) is 5.09. The average molecular weight is 417 g/mol. The van der Waals surface area contributed by atoms with Gasteiger partial charge in [0.1, 0.15) is 17.4 Å². The molecule has 0 saturated carbocycles. The van der Waals surface area contributed by atoms with Gasteiger partial charge in [-0.15, -0.1) is 0 Å². The van der Waals surface area contributed by atoms with Gasteiger partial charge in [-0.2, -0.15) is 0 Å². The quantitative estimate of drug-likeness (QED) is 0.704. The summed E-state index contributed by atoms with van der Waals surface area (Å²) >= 11 is 0. The molecule has 2 aromatic carbocycles. The molecule has 160 valence electrons. The minimum atomic E-state index is -0.906. The second kappa shape index (κ2) is 10.0. The molecule has 8 heteroatoms. The number of para-hydroxylation sites is 2. The van der Waals surface area contributed by atoms with E-state index in [1.807, 2.05) is 29.2 Å². The van der Waals surface area contributed by atoms with Crippen LogP contribution >= 0.6 is 0 Å². The number of carbonyl (C=O) groups excluding carboxylic acids is 2. The Bertz CT molecular complexity index is 899. The molecule has 0 unspecified atom stereocenters. The van der Waals surface area contributed by atoms with Gasteiger partial charge < -0.3 is 19.9 Å². The van der Waals surface area contributed by atoms with E-state index in [0.717, 1.165) is 23.6 Å². The van der Waals surface area contributed by atoms with Crippen molar-refractivity contribution in [3.05, 3.63) is 59.7 Å². The Morgan fingerprint density at radius 3 is 2.50 bits per heavy atom. The third kappa shape index (κ3) is 5.25. The number of halogens is 2. The first-order valence-corrected chi connectivity index (χ1v) is 9.88. The van der Waals surface area contributed by atoms with Crippen LogP contribution in [0.4, 0.5) is 14.5 Å².